The van der Waals surface area contributed by atoms with Gasteiger partial charge in [0.05, 0.1) is 24.4 Å². The number of halogens is 3. The molecule has 1 saturated heterocycles. The number of aromatic amines is 1. The SMILES string of the molecule is O=C(CC1COC1)N[C@H]1C[C@H](c2c(-c3ccc(F)cc3)[nH]c3c(F)cc(F)cc32)C1. The minimum atomic E-state index is -0.661. The first-order chi connectivity index (χ1) is 14.5. The van der Waals surface area contributed by atoms with Gasteiger partial charge in [0, 0.05) is 29.8 Å². The average molecular weight is 414 g/mol. The van der Waals surface area contributed by atoms with Gasteiger partial charge in [0.15, 0.2) is 0 Å². The van der Waals surface area contributed by atoms with Gasteiger partial charge in [-0.3, -0.25) is 4.79 Å². The van der Waals surface area contributed by atoms with Crippen LogP contribution in [0.2, 0.25) is 0 Å². The van der Waals surface area contributed by atoms with Gasteiger partial charge in [0.1, 0.15) is 17.5 Å². The number of hydrogen-bond acceptors (Lipinski definition) is 2. The fraction of sp³-hybridized carbons (Fsp3) is 0.348. The average Bonchev–Trinajstić information content (AvgIpc) is 3.01. The van der Waals surface area contributed by atoms with Crippen LogP contribution in [0, 0.1) is 23.4 Å². The van der Waals surface area contributed by atoms with E-state index in [0.29, 0.717) is 55.0 Å². The summed E-state index contributed by atoms with van der Waals surface area (Å²) in [4.78, 5) is 15.2. The number of fused-ring (bicyclic) bond motifs is 1. The second-order valence-electron chi connectivity index (χ2n) is 8.27. The Labute approximate surface area is 171 Å². The number of aromatic nitrogens is 1. The number of carbonyl (C=O) groups is 1. The Morgan fingerprint density at radius 1 is 1.07 bits per heavy atom. The van der Waals surface area contributed by atoms with E-state index in [0.717, 1.165) is 11.6 Å². The first kappa shape index (κ1) is 19.2. The second-order valence-corrected chi connectivity index (χ2v) is 8.27. The highest BCUT2D eigenvalue weighted by atomic mass is 19.1. The molecule has 30 heavy (non-hydrogen) atoms. The molecule has 4 nitrogen and oxygen atoms in total. The highest BCUT2D eigenvalue weighted by Crippen LogP contribution is 2.45. The third-order valence-electron chi connectivity index (χ3n) is 6.09. The Balaban J connectivity index is 1.42. The normalized spacial score (nSPS) is 21.3. The van der Waals surface area contributed by atoms with E-state index in [1.165, 1.54) is 18.2 Å². The number of benzene rings is 2. The highest BCUT2D eigenvalue weighted by Gasteiger charge is 2.36. The first-order valence-corrected chi connectivity index (χ1v) is 10.1. The van der Waals surface area contributed by atoms with E-state index in [1.807, 2.05) is 0 Å². The summed E-state index contributed by atoms with van der Waals surface area (Å²) in [5, 5.41) is 3.54. The highest BCUT2D eigenvalue weighted by molar-refractivity contribution is 5.92. The number of carbonyl (C=O) groups excluding carboxylic acids is 1. The van der Waals surface area contributed by atoms with Crippen molar-refractivity contribution in [3.63, 3.8) is 0 Å². The van der Waals surface area contributed by atoms with Gasteiger partial charge < -0.3 is 15.0 Å². The standard InChI is InChI=1S/C23H21F3N2O2/c24-15-3-1-13(2-4-15)22-21(18-8-16(25)9-19(26)23(18)28-22)14-6-17(7-14)27-20(29)5-12-10-30-11-12/h1-4,8-9,12,14,17,28H,5-7,10-11H2,(H,27,29)/t14-,17-. The molecule has 1 amide bonds. The van der Waals surface area contributed by atoms with Gasteiger partial charge in [-0.25, -0.2) is 13.2 Å². The Hall–Kier alpha value is -2.80. The predicted molar refractivity (Wildman–Crippen MR) is 106 cm³/mol. The van der Waals surface area contributed by atoms with Crippen molar-refractivity contribution in [2.45, 2.75) is 31.2 Å². The summed E-state index contributed by atoms with van der Waals surface area (Å²) in [6.07, 6.45) is 1.84. The maximum Gasteiger partial charge on any atom is 0.220 e. The van der Waals surface area contributed by atoms with E-state index in [1.54, 1.807) is 12.1 Å². The second kappa shape index (κ2) is 7.47. The molecule has 2 fully saturated rings. The number of ether oxygens (including phenoxy) is 1. The van der Waals surface area contributed by atoms with E-state index < -0.39 is 11.6 Å². The van der Waals surface area contributed by atoms with Crippen LogP contribution in [0.25, 0.3) is 22.2 Å². The van der Waals surface area contributed by atoms with Crippen molar-refractivity contribution in [3.05, 3.63) is 59.4 Å². The topological polar surface area (TPSA) is 54.1 Å². The molecule has 2 N–H and O–H groups in total. The van der Waals surface area contributed by atoms with E-state index in [2.05, 4.69) is 10.3 Å². The number of amides is 1. The summed E-state index contributed by atoms with van der Waals surface area (Å²) >= 11 is 0. The number of nitrogens with one attached hydrogen (secondary N) is 2. The third kappa shape index (κ3) is 3.47. The summed E-state index contributed by atoms with van der Waals surface area (Å²) in [7, 11) is 0. The van der Waals surface area contributed by atoms with Crippen LogP contribution in [0.4, 0.5) is 13.2 Å². The largest absolute Gasteiger partial charge is 0.381 e. The zero-order valence-corrected chi connectivity index (χ0v) is 16.2. The lowest BCUT2D eigenvalue weighted by Crippen LogP contribution is -2.45. The van der Waals surface area contributed by atoms with Crippen LogP contribution < -0.4 is 5.32 Å². The molecule has 0 radical (unpaired) electrons. The lowest BCUT2D eigenvalue weighted by molar-refractivity contribution is -0.127. The van der Waals surface area contributed by atoms with Crippen LogP contribution >= 0.6 is 0 Å². The Morgan fingerprint density at radius 2 is 1.80 bits per heavy atom. The number of H-pyrrole nitrogens is 1. The molecule has 3 aromatic rings. The molecule has 0 spiro atoms. The molecule has 1 aliphatic heterocycles. The van der Waals surface area contributed by atoms with Crippen LogP contribution in [0.1, 0.15) is 30.7 Å². The summed E-state index contributed by atoms with van der Waals surface area (Å²) < 4.78 is 46.9. The molecule has 2 heterocycles. The van der Waals surface area contributed by atoms with E-state index in [4.69, 9.17) is 4.74 Å². The quantitative estimate of drug-likeness (QED) is 0.639. The number of hydrogen-bond donors (Lipinski definition) is 2. The lowest BCUT2D eigenvalue weighted by atomic mass is 9.74. The van der Waals surface area contributed by atoms with Gasteiger partial charge in [-0.2, -0.15) is 0 Å². The molecular weight excluding hydrogens is 393 g/mol. The fourth-order valence-corrected chi connectivity index (χ4v) is 4.43. The molecule has 1 aromatic heterocycles. The molecule has 7 heteroatoms. The number of rotatable bonds is 5. The van der Waals surface area contributed by atoms with E-state index in [9.17, 15) is 18.0 Å². The van der Waals surface area contributed by atoms with Gasteiger partial charge in [0.25, 0.3) is 0 Å². The molecule has 0 unspecified atom stereocenters. The summed E-state index contributed by atoms with van der Waals surface area (Å²) in [5.41, 5.74) is 2.42. The van der Waals surface area contributed by atoms with Crippen LogP contribution in [0.3, 0.4) is 0 Å². The zero-order chi connectivity index (χ0) is 20.8. The molecule has 0 atom stereocenters. The first-order valence-electron chi connectivity index (χ1n) is 10.1. The predicted octanol–water partition coefficient (Wildman–Crippen LogP) is 4.65. The summed E-state index contributed by atoms with van der Waals surface area (Å²) in [5.74, 6) is -1.31. The van der Waals surface area contributed by atoms with Crippen molar-refractivity contribution in [2.24, 2.45) is 5.92 Å². The lowest BCUT2D eigenvalue weighted by Gasteiger charge is -2.37. The monoisotopic (exact) mass is 414 g/mol. The van der Waals surface area contributed by atoms with Gasteiger partial charge in [-0.15, -0.1) is 0 Å². The van der Waals surface area contributed by atoms with Crippen molar-refractivity contribution in [2.75, 3.05) is 13.2 Å². The van der Waals surface area contributed by atoms with Gasteiger partial charge >= 0.3 is 0 Å². The van der Waals surface area contributed by atoms with Gasteiger partial charge in [-0.05, 0) is 60.2 Å². The Kier molecular flexibility index (Phi) is 4.77. The Bertz CT molecular complexity index is 1100. The molecule has 2 aliphatic rings. The third-order valence-corrected chi connectivity index (χ3v) is 6.09. The van der Waals surface area contributed by atoms with Crippen LogP contribution in [0.5, 0.6) is 0 Å². The molecule has 156 valence electrons. The molecular formula is C23H21F3N2O2. The van der Waals surface area contributed by atoms with Crippen molar-refractivity contribution in [3.8, 4) is 11.3 Å². The smallest absolute Gasteiger partial charge is 0.220 e. The minimum absolute atomic E-state index is 0.0153. The zero-order valence-electron chi connectivity index (χ0n) is 16.2. The van der Waals surface area contributed by atoms with Crippen molar-refractivity contribution >= 4 is 16.8 Å². The Morgan fingerprint density at radius 3 is 2.47 bits per heavy atom. The molecule has 2 aromatic carbocycles. The maximum absolute atomic E-state index is 14.4. The van der Waals surface area contributed by atoms with Crippen LogP contribution in [0.15, 0.2) is 36.4 Å². The van der Waals surface area contributed by atoms with Gasteiger partial charge in [0.2, 0.25) is 5.91 Å². The van der Waals surface area contributed by atoms with Crippen molar-refractivity contribution in [1.29, 1.82) is 0 Å². The van der Waals surface area contributed by atoms with Gasteiger partial charge in [-0.1, -0.05) is 0 Å². The molecule has 1 saturated carbocycles. The fourth-order valence-electron chi connectivity index (χ4n) is 4.43. The van der Waals surface area contributed by atoms with Crippen LogP contribution in [-0.4, -0.2) is 30.1 Å². The van der Waals surface area contributed by atoms with Crippen LogP contribution in [-0.2, 0) is 9.53 Å². The van der Waals surface area contributed by atoms with Crippen molar-refractivity contribution < 1.29 is 22.7 Å². The molecule has 1 aliphatic carbocycles. The van der Waals surface area contributed by atoms with E-state index in [-0.39, 0.29) is 29.2 Å². The minimum Gasteiger partial charge on any atom is -0.381 e. The molecule has 5 rings (SSSR count). The maximum atomic E-state index is 14.4. The van der Waals surface area contributed by atoms with Crippen molar-refractivity contribution in [1.82, 2.24) is 10.3 Å². The van der Waals surface area contributed by atoms with E-state index >= 15 is 0 Å². The summed E-state index contributed by atoms with van der Waals surface area (Å²) in [6, 6.07) is 8.15. The molecule has 0 bridgehead atoms. The summed E-state index contributed by atoms with van der Waals surface area (Å²) in [6.45, 7) is 1.27.